The third-order valence-corrected chi connectivity index (χ3v) is 5.50. The molecule has 0 radical (unpaired) electrons. The number of nitrogens with zero attached hydrogens (tertiary/aromatic N) is 2. The van der Waals surface area contributed by atoms with Gasteiger partial charge in [0.05, 0.1) is 19.8 Å². The molecule has 2 N–H and O–H groups in total. The number of aryl methyl sites for hydroxylation is 1. The normalized spacial score (nSPS) is 18.6. The van der Waals surface area contributed by atoms with E-state index in [-0.39, 0.29) is 6.10 Å². The fourth-order valence-corrected chi connectivity index (χ4v) is 3.42. The van der Waals surface area contributed by atoms with Crippen molar-refractivity contribution >= 4 is 5.96 Å². The van der Waals surface area contributed by atoms with E-state index in [1.54, 1.807) is 13.2 Å². The van der Waals surface area contributed by atoms with Crippen LogP contribution in [0.25, 0.3) is 0 Å². The fraction of sp³-hybridized carbons (Fsp3) is 0.500. The van der Waals surface area contributed by atoms with E-state index in [0.29, 0.717) is 31.5 Å². The zero-order valence-electron chi connectivity index (χ0n) is 18.4. The Hall–Kier alpha value is -2.80. The molecule has 1 atom stereocenters. The molecule has 0 bridgehead atoms. The molecular weight excluding hydrogens is 392 g/mol. The van der Waals surface area contributed by atoms with Gasteiger partial charge in [0.1, 0.15) is 11.9 Å². The molecule has 31 heavy (non-hydrogen) atoms. The SMILES string of the molecule is CN=C(NCc1ccnc(OCC2CC2)c1)NCc1ccc(C)cc1OC1CCOC1. The highest BCUT2D eigenvalue weighted by Crippen LogP contribution is 2.29. The van der Waals surface area contributed by atoms with Gasteiger partial charge in [0, 0.05) is 44.4 Å². The van der Waals surface area contributed by atoms with Crippen LogP contribution >= 0.6 is 0 Å². The predicted octanol–water partition coefficient (Wildman–Crippen LogP) is 3.21. The van der Waals surface area contributed by atoms with E-state index in [9.17, 15) is 0 Å². The van der Waals surface area contributed by atoms with Crippen molar-refractivity contribution in [3.8, 4) is 11.6 Å². The molecule has 166 valence electrons. The lowest BCUT2D eigenvalue weighted by atomic mass is 10.1. The Bertz CT molecular complexity index is 892. The molecule has 4 rings (SSSR count). The molecule has 7 nitrogen and oxygen atoms in total. The molecule has 1 aromatic heterocycles. The Balaban J connectivity index is 1.30. The number of ether oxygens (including phenoxy) is 3. The van der Waals surface area contributed by atoms with Gasteiger partial charge in [-0.25, -0.2) is 4.98 Å². The molecule has 2 heterocycles. The Morgan fingerprint density at radius 2 is 2.03 bits per heavy atom. The number of rotatable bonds is 9. The summed E-state index contributed by atoms with van der Waals surface area (Å²) in [4.78, 5) is 8.65. The molecule has 1 saturated carbocycles. The van der Waals surface area contributed by atoms with Gasteiger partial charge in [0.15, 0.2) is 5.96 Å². The molecule has 0 amide bonds. The Labute approximate surface area is 184 Å². The van der Waals surface area contributed by atoms with Crippen molar-refractivity contribution in [2.45, 2.75) is 45.4 Å². The zero-order chi connectivity index (χ0) is 21.5. The average Bonchev–Trinajstić information content (AvgIpc) is 3.48. The van der Waals surface area contributed by atoms with E-state index in [1.165, 1.54) is 18.4 Å². The summed E-state index contributed by atoms with van der Waals surface area (Å²) in [5.74, 6) is 3.04. The number of hydrogen-bond acceptors (Lipinski definition) is 5. The van der Waals surface area contributed by atoms with Crippen LogP contribution in [0.1, 0.15) is 36.0 Å². The minimum absolute atomic E-state index is 0.126. The first-order chi connectivity index (χ1) is 15.2. The van der Waals surface area contributed by atoms with E-state index in [4.69, 9.17) is 14.2 Å². The first-order valence-electron chi connectivity index (χ1n) is 11.1. The van der Waals surface area contributed by atoms with Gasteiger partial charge >= 0.3 is 0 Å². The van der Waals surface area contributed by atoms with E-state index in [1.807, 2.05) is 12.1 Å². The molecular formula is C24H32N4O3. The first-order valence-corrected chi connectivity index (χ1v) is 11.1. The second kappa shape index (κ2) is 10.5. The topological polar surface area (TPSA) is 77.0 Å². The lowest BCUT2D eigenvalue weighted by Gasteiger charge is -2.18. The predicted molar refractivity (Wildman–Crippen MR) is 121 cm³/mol. The standard InChI is InChI=1S/C24H32N4O3/c1-17-3-6-20(22(11-17)31-21-8-10-29-16-21)14-28-24(25-2)27-13-19-7-9-26-23(12-19)30-15-18-4-5-18/h3,6-7,9,11-12,18,21H,4-5,8,10,13-16H2,1-2H3,(H2,25,27,28). The molecule has 1 aliphatic carbocycles. The van der Waals surface area contributed by atoms with Crippen LogP contribution in [0.2, 0.25) is 0 Å². The van der Waals surface area contributed by atoms with Gasteiger partial charge in [-0.2, -0.15) is 0 Å². The number of hydrogen-bond donors (Lipinski definition) is 2. The highest BCUT2D eigenvalue weighted by atomic mass is 16.5. The van der Waals surface area contributed by atoms with E-state index in [2.05, 4.69) is 45.7 Å². The molecule has 1 unspecified atom stereocenters. The summed E-state index contributed by atoms with van der Waals surface area (Å²) in [5.41, 5.74) is 3.38. The maximum atomic E-state index is 6.19. The highest BCUT2D eigenvalue weighted by molar-refractivity contribution is 5.79. The van der Waals surface area contributed by atoms with E-state index in [0.717, 1.165) is 42.5 Å². The number of pyridine rings is 1. The largest absolute Gasteiger partial charge is 0.488 e. The monoisotopic (exact) mass is 424 g/mol. The lowest BCUT2D eigenvalue weighted by Crippen LogP contribution is -2.36. The van der Waals surface area contributed by atoms with Crippen molar-refractivity contribution in [3.05, 3.63) is 53.2 Å². The van der Waals surface area contributed by atoms with E-state index < -0.39 is 0 Å². The highest BCUT2D eigenvalue weighted by Gasteiger charge is 2.22. The number of aliphatic imine (C=N–C) groups is 1. The first kappa shape index (κ1) is 21.4. The molecule has 2 fully saturated rings. The molecule has 0 spiro atoms. The van der Waals surface area contributed by atoms with Crippen LogP contribution in [-0.4, -0.2) is 43.9 Å². The summed E-state index contributed by atoms with van der Waals surface area (Å²) in [6.07, 6.45) is 5.39. The van der Waals surface area contributed by atoms with Gasteiger partial charge in [0.2, 0.25) is 5.88 Å². The van der Waals surface area contributed by atoms with Crippen molar-refractivity contribution in [3.63, 3.8) is 0 Å². The smallest absolute Gasteiger partial charge is 0.213 e. The summed E-state index contributed by atoms with van der Waals surface area (Å²) < 4.78 is 17.4. The number of aromatic nitrogens is 1. The van der Waals surface area contributed by atoms with Crippen LogP contribution in [0, 0.1) is 12.8 Å². The van der Waals surface area contributed by atoms with Gasteiger partial charge in [-0.3, -0.25) is 4.99 Å². The molecule has 1 aromatic carbocycles. The second-order valence-corrected chi connectivity index (χ2v) is 8.25. The summed E-state index contributed by atoms with van der Waals surface area (Å²) >= 11 is 0. The van der Waals surface area contributed by atoms with Crippen molar-refractivity contribution in [1.82, 2.24) is 15.6 Å². The van der Waals surface area contributed by atoms with E-state index >= 15 is 0 Å². The third kappa shape index (κ3) is 6.59. The summed E-state index contributed by atoms with van der Waals surface area (Å²) in [6, 6.07) is 10.3. The van der Waals surface area contributed by atoms with Crippen LogP contribution < -0.4 is 20.1 Å². The second-order valence-electron chi connectivity index (χ2n) is 8.25. The minimum atomic E-state index is 0.126. The van der Waals surface area contributed by atoms with Gasteiger partial charge in [-0.15, -0.1) is 0 Å². The maximum absolute atomic E-state index is 6.19. The molecule has 2 aromatic rings. The van der Waals surface area contributed by atoms with Gasteiger partial charge in [-0.05, 0) is 48.9 Å². The van der Waals surface area contributed by atoms with Crippen molar-refractivity contribution in [2.75, 3.05) is 26.9 Å². The number of nitrogens with one attached hydrogen (secondary N) is 2. The summed E-state index contributed by atoms with van der Waals surface area (Å²) in [7, 11) is 1.77. The quantitative estimate of drug-likeness (QED) is 0.476. The Morgan fingerprint density at radius 3 is 2.81 bits per heavy atom. The zero-order valence-corrected chi connectivity index (χ0v) is 18.4. The van der Waals surface area contributed by atoms with Crippen molar-refractivity contribution < 1.29 is 14.2 Å². The third-order valence-electron chi connectivity index (χ3n) is 5.50. The Kier molecular flexibility index (Phi) is 7.25. The number of benzene rings is 1. The molecule has 1 aliphatic heterocycles. The Morgan fingerprint density at radius 1 is 1.16 bits per heavy atom. The van der Waals surface area contributed by atoms with Crippen LogP contribution in [0.4, 0.5) is 0 Å². The van der Waals surface area contributed by atoms with Crippen LogP contribution in [0.5, 0.6) is 11.6 Å². The molecule has 1 saturated heterocycles. The summed E-state index contributed by atoms with van der Waals surface area (Å²) in [5, 5.41) is 6.74. The van der Waals surface area contributed by atoms with Gasteiger partial charge in [0.25, 0.3) is 0 Å². The van der Waals surface area contributed by atoms with Crippen molar-refractivity contribution in [2.24, 2.45) is 10.9 Å². The van der Waals surface area contributed by atoms with Gasteiger partial charge in [-0.1, -0.05) is 12.1 Å². The summed E-state index contributed by atoms with van der Waals surface area (Å²) in [6.45, 7) is 5.52. The fourth-order valence-electron chi connectivity index (χ4n) is 3.42. The van der Waals surface area contributed by atoms with Crippen LogP contribution in [0.15, 0.2) is 41.5 Å². The average molecular weight is 425 g/mol. The van der Waals surface area contributed by atoms with Crippen LogP contribution in [-0.2, 0) is 17.8 Å². The minimum Gasteiger partial charge on any atom is -0.488 e. The van der Waals surface area contributed by atoms with Crippen molar-refractivity contribution in [1.29, 1.82) is 0 Å². The van der Waals surface area contributed by atoms with Gasteiger partial charge < -0.3 is 24.8 Å². The maximum Gasteiger partial charge on any atom is 0.213 e. The lowest BCUT2D eigenvalue weighted by molar-refractivity contribution is 0.140. The van der Waals surface area contributed by atoms with Crippen LogP contribution in [0.3, 0.4) is 0 Å². The molecule has 7 heteroatoms. The molecule has 2 aliphatic rings. The number of guanidine groups is 1.